The fourth-order valence-electron chi connectivity index (χ4n) is 3.20. The first-order chi connectivity index (χ1) is 12.7. The average molecular weight is 364 g/mol. The highest BCUT2D eigenvalue weighted by molar-refractivity contribution is 6.25. The minimum absolute atomic E-state index is 0.115. The zero-order valence-electron chi connectivity index (χ0n) is 15.5. The number of esters is 1. The summed E-state index contributed by atoms with van der Waals surface area (Å²) < 4.78 is 5.25. The highest BCUT2D eigenvalue weighted by atomic mass is 16.6. The summed E-state index contributed by atoms with van der Waals surface area (Å²) in [5.74, 6) is -1.19. The van der Waals surface area contributed by atoms with Crippen LogP contribution in [0, 0.1) is 11.3 Å². The summed E-state index contributed by atoms with van der Waals surface area (Å²) in [5, 5.41) is 10.5. The lowest BCUT2D eigenvalue weighted by atomic mass is 9.92. The molecule has 138 valence electrons. The summed E-state index contributed by atoms with van der Waals surface area (Å²) in [6.45, 7) is 5.47. The molecule has 0 N–H and O–H groups in total. The molecule has 0 spiro atoms. The van der Waals surface area contributed by atoms with Crippen LogP contribution < -0.4 is 0 Å². The predicted octanol–water partition coefficient (Wildman–Crippen LogP) is 3.43. The number of ether oxygens (including phenoxy) is 1. The Kier molecular flexibility index (Phi) is 4.71. The molecule has 6 heteroatoms. The number of nitriles is 1. The van der Waals surface area contributed by atoms with Gasteiger partial charge in [-0.2, -0.15) is 5.26 Å². The van der Waals surface area contributed by atoms with E-state index in [9.17, 15) is 19.6 Å². The van der Waals surface area contributed by atoms with Gasteiger partial charge >= 0.3 is 5.97 Å². The molecule has 1 heterocycles. The van der Waals surface area contributed by atoms with E-state index in [1.165, 1.54) is 6.07 Å². The van der Waals surface area contributed by atoms with Crippen LogP contribution in [0.15, 0.2) is 30.3 Å². The third-order valence-corrected chi connectivity index (χ3v) is 4.24. The summed E-state index contributed by atoms with van der Waals surface area (Å²) in [4.78, 5) is 38.7. The van der Waals surface area contributed by atoms with Crippen LogP contribution in [0.3, 0.4) is 0 Å². The van der Waals surface area contributed by atoms with Crippen molar-refractivity contribution in [1.82, 2.24) is 4.90 Å². The quantitative estimate of drug-likeness (QED) is 0.613. The second-order valence-electron chi connectivity index (χ2n) is 7.49. The van der Waals surface area contributed by atoms with Crippen molar-refractivity contribution in [2.45, 2.75) is 39.2 Å². The van der Waals surface area contributed by atoms with Gasteiger partial charge in [0.25, 0.3) is 11.8 Å². The second kappa shape index (κ2) is 6.84. The number of carbonyl (C=O) groups excluding carboxylic acids is 3. The Hall–Kier alpha value is -3.20. The van der Waals surface area contributed by atoms with Gasteiger partial charge in [-0.3, -0.25) is 19.3 Å². The molecular weight excluding hydrogens is 344 g/mol. The summed E-state index contributed by atoms with van der Waals surface area (Å²) in [7, 11) is 0. The fraction of sp³-hybridized carbons (Fsp3) is 0.333. The second-order valence-corrected chi connectivity index (χ2v) is 7.49. The van der Waals surface area contributed by atoms with Crippen molar-refractivity contribution in [2.75, 3.05) is 6.54 Å². The Morgan fingerprint density at radius 2 is 1.85 bits per heavy atom. The Labute approximate surface area is 157 Å². The molecule has 1 aliphatic heterocycles. The first-order valence-corrected chi connectivity index (χ1v) is 8.76. The van der Waals surface area contributed by atoms with Crippen molar-refractivity contribution in [1.29, 1.82) is 5.26 Å². The molecule has 0 atom stereocenters. The molecule has 2 aromatic carbocycles. The van der Waals surface area contributed by atoms with Crippen molar-refractivity contribution in [3.05, 3.63) is 47.0 Å². The van der Waals surface area contributed by atoms with Crippen LogP contribution in [0.5, 0.6) is 0 Å². The summed E-state index contributed by atoms with van der Waals surface area (Å²) in [6.07, 6.45) is 0.430. The summed E-state index contributed by atoms with van der Waals surface area (Å²) in [6, 6.07) is 10.4. The van der Waals surface area contributed by atoms with E-state index in [2.05, 4.69) is 0 Å². The number of carbonyl (C=O) groups is 3. The lowest BCUT2D eigenvalue weighted by Gasteiger charge is -2.27. The van der Waals surface area contributed by atoms with Crippen molar-refractivity contribution >= 4 is 28.6 Å². The van der Waals surface area contributed by atoms with Crippen LogP contribution in [-0.4, -0.2) is 34.8 Å². The average Bonchev–Trinajstić information content (AvgIpc) is 2.60. The maximum atomic E-state index is 12.9. The van der Waals surface area contributed by atoms with Crippen LogP contribution >= 0.6 is 0 Å². The molecule has 27 heavy (non-hydrogen) atoms. The van der Waals surface area contributed by atoms with E-state index in [1.54, 1.807) is 45.0 Å². The predicted molar refractivity (Wildman–Crippen MR) is 99.1 cm³/mol. The molecule has 0 aromatic heterocycles. The first-order valence-electron chi connectivity index (χ1n) is 8.76. The van der Waals surface area contributed by atoms with Gasteiger partial charge < -0.3 is 4.74 Å². The van der Waals surface area contributed by atoms with Gasteiger partial charge in [0.05, 0.1) is 11.6 Å². The SMILES string of the molecule is CC(C)(C)OC(=O)CCCN1C(=O)c2cccc3cc(C#N)cc(c23)C1=O. The monoisotopic (exact) mass is 364 g/mol. The standard InChI is InChI=1S/C21H20N2O4/c1-21(2,3)27-17(24)8-5-9-23-19(25)15-7-4-6-14-10-13(12-22)11-16(18(14)15)20(23)26/h4,6-7,10-11H,5,8-9H2,1-3H3. The maximum absolute atomic E-state index is 12.9. The largest absolute Gasteiger partial charge is 0.460 e. The fourth-order valence-corrected chi connectivity index (χ4v) is 3.20. The lowest BCUT2D eigenvalue weighted by Crippen LogP contribution is -2.41. The number of rotatable bonds is 4. The number of benzene rings is 2. The first kappa shape index (κ1) is 18.6. The molecular formula is C21H20N2O4. The van der Waals surface area contributed by atoms with Gasteiger partial charge in [-0.05, 0) is 50.8 Å². The Morgan fingerprint density at radius 3 is 2.52 bits per heavy atom. The molecule has 1 aliphatic rings. The molecule has 2 aromatic rings. The van der Waals surface area contributed by atoms with E-state index in [0.29, 0.717) is 33.9 Å². The lowest BCUT2D eigenvalue weighted by molar-refractivity contribution is -0.154. The van der Waals surface area contributed by atoms with E-state index in [0.717, 1.165) is 4.90 Å². The molecule has 0 saturated heterocycles. The van der Waals surface area contributed by atoms with E-state index in [4.69, 9.17) is 4.74 Å². The molecule has 0 aliphatic carbocycles. The zero-order valence-corrected chi connectivity index (χ0v) is 15.5. The maximum Gasteiger partial charge on any atom is 0.306 e. The van der Waals surface area contributed by atoms with Crippen molar-refractivity contribution in [3.63, 3.8) is 0 Å². The molecule has 6 nitrogen and oxygen atoms in total. The molecule has 2 amide bonds. The van der Waals surface area contributed by atoms with E-state index >= 15 is 0 Å². The normalized spacial score (nSPS) is 13.6. The van der Waals surface area contributed by atoms with Gasteiger partial charge in [0.2, 0.25) is 0 Å². The highest BCUT2D eigenvalue weighted by Crippen LogP contribution is 2.31. The van der Waals surface area contributed by atoms with Gasteiger partial charge in [-0.25, -0.2) is 0 Å². The van der Waals surface area contributed by atoms with Crippen molar-refractivity contribution in [2.24, 2.45) is 0 Å². The Bertz CT molecular complexity index is 996. The molecule has 0 bridgehead atoms. The van der Waals surface area contributed by atoms with Crippen LogP contribution in [0.1, 0.15) is 59.9 Å². The summed E-state index contributed by atoms with van der Waals surface area (Å²) >= 11 is 0. The van der Waals surface area contributed by atoms with Crippen LogP contribution in [0.25, 0.3) is 10.8 Å². The summed E-state index contributed by atoms with van der Waals surface area (Å²) in [5.41, 5.74) is 0.572. The number of hydrogen-bond acceptors (Lipinski definition) is 5. The molecule has 0 radical (unpaired) electrons. The van der Waals surface area contributed by atoms with E-state index < -0.39 is 11.5 Å². The van der Waals surface area contributed by atoms with Crippen molar-refractivity contribution in [3.8, 4) is 6.07 Å². The highest BCUT2D eigenvalue weighted by Gasteiger charge is 2.33. The van der Waals surface area contributed by atoms with Gasteiger partial charge in [0.1, 0.15) is 5.60 Å². The van der Waals surface area contributed by atoms with Gasteiger partial charge in [-0.1, -0.05) is 12.1 Å². The van der Waals surface area contributed by atoms with Gasteiger partial charge in [0.15, 0.2) is 0 Å². The Balaban J connectivity index is 1.84. The minimum atomic E-state index is -0.573. The zero-order chi connectivity index (χ0) is 19.8. The molecule has 0 saturated carbocycles. The van der Waals surface area contributed by atoms with Crippen molar-refractivity contribution < 1.29 is 19.1 Å². The topological polar surface area (TPSA) is 87.5 Å². The minimum Gasteiger partial charge on any atom is -0.460 e. The molecule has 0 unspecified atom stereocenters. The smallest absolute Gasteiger partial charge is 0.306 e. The number of nitrogens with zero attached hydrogens (tertiary/aromatic N) is 2. The number of hydrogen-bond donors (Lipinski definition) is 0. The van der Waals surface area contributed by atoms with Crippen LogP contribution in [0.4, 0.5) is 0 Å². The third kappa shape index (κ3) is 3.68. The van der Waals surface area contributed by atoms with Crippen LogP contribution in [0.2, 0.25) is 0 Å². The van der Waals surface area contributed by atoms with E-state index in [1.807, 2.05) is 6.07 Å². The Morgan fingerprint density at radius 1 is 1.15 bits per heavy atom. The molecule has 3 rings (SSSR count). The van der Waals surface area contributed by atoms with Gasteiger partial charge in [-0.15, -0.1) is 0 Å². The molecule has 0 fully saturated rings. The van der Waals surface area contributed by atoms with E-state index in [-0.39, 0.29) is 24.8 Å². The van der Waals surface area contributed by atoms with Crippen LogP contribution in [-0.2, 0) is 9.53 Å². The van der Waals surface area contributed by atoms with Gasteiger partial charge in [0, 0.05) is 29.5 Å². The number of imide groups is 1. The third-order valence-electron chi connectivity index (χ3n) is 4.24. The number of amides is 2.